The fraction of sp³-hybridized carbons (Fsp3) is 0.375. The maximum Gasteiger partial charge on any atom is 0.307 e. The Balaban J connectivity index is 2.33. The van der Waals surface area contributed by atoms with Crippen molar-refractivity contribution in [1.82, 2.24) is 9.97 Å². The van der Waals surface area contributed by atoms with Crippen LogP contribution in [0.25, 0.3) is 0 Å². The van der Waals surface area contributed by atoms with E-state index in [1.54, 1.807) is 0 Å². The zero-order valence-corrected chi connectivity index (χ0v) is 12.7. The largest absolute Gasteiger partial charge is 0.307 e. The molecule has 0 saturated carbocycles. The Morgan fingerprint density at radius 2 is 2.11 bits per heavy atom. The van der Waals surface area contributed by atoms with Crippen LogP contribution in [0.2, 0.25) is 0 Å². The van der Waals surface area contributed by atoms with E-state index in [1.807, 2.05) is 0 Å². The van der Waals surface area contributed by atoms with Crippen molar-refractivity contribution in [3.63, 3.8) is 0 Å². The van der Waals surface area contributed by atoms with Gasteiger partial charge in [-0.2, -0.15) is 8.42 Å². The summed E-state index contributed by atoms with van der Waals surface area (Å²) in [7, 11) is -4.73. The molecule has 0 spiro atoms. The van der Waals surface area contributed by atoms with Gasteiger partial charge in [0, 0.05) is 13.0 Å². The first-order valence-corrected chi connectivity index (χ1v) is 7.74. The number of aromatic nitrogens is 2. The van der Waals surface area contributed by atoms with Crippen molar-refractivity contribution in [3.05, 3.63) is 15.4 Å². The maximum atomic E-state index is 12.9. The SMILES string of the molecule is O=C1CC(S(=O)(=O)F)CN1c1ncc(Br)nc1Br. The molecule has 98 valence electrons. The number of nitrogens with zero attached hydrogens (tertiary/aromatic N) is 3. The van der Waals surface area contributed by atoms with Crippen LogP contribution in [-0.2, 0) is 15.0 Å². The molecule has 6 nitrogen and oxygen atoms in total. The van der Waals surface area contributed by atoms with Crippen LogP contribution < -0.4 is 4.90 Å². The van der Waals surface area contributed by atoms with Crippen molar-refractivity contribution in [3.8, 4) is 0 Å². The van der Waals surface area contributed by atoms with E-state index in [0.717, 1.165) is 4.90 Å². The van der Waals surface area contributed by atoms with E-state index < -0.39 is 21.4 Å². The highest BCUT2D eigenvalue weighted by atomic mass is 79.9. The molecule has 0 radical (unpaired) electrons. The van der Waals surface area contributed by atoms with Gasteiger partial charge < -0.3 is 0 Å². The molecule has 1 aromatic rings. The zero-order valence-electron chi connectivity index (χ0n) is 8.68. The van der Waals surface area contributed by atoms with Crippen LogP contribution in [0.3, 0.4) is 0 Å². The third-order valence-electron chi connectivity index (χ3n) is 2.43. The van der Waals surface area contributed by atoms with E-state index in [0.29, 0.717) is 4.60 Å². The van der Waals surface area contributed by atoms with E-state index in [4.69, 9.17) is 0 Å². The molecular formula is C8H6Br2FN3O3S. The summed E-state index contributed by atoms with van der Waals surface area (Å²) in [4.78, 5) is 20.7. The molecule has 1 aliphatic rings. The van der Waals surface area contributed by atoms with Crippen LogP contribution in [0.5, 0.6) is 0 Å². The summed E-state index contributed by atoms with van der Waals surface area (Å²) in [6, 6.07) is 0. The van der Waals surface area contributed by atoms with E-state index in [1.165, 1.54) is 6.20 Å². The Morgan fingerprint density at radius 3 is 2.61 bits per heavy atom. The highest BCUT2D eigenvalue weighted by molar-refractivity contribution is 9.11. The van der Waals surface area contributed by atoms with E-state index >= 15 is 0 Å². The van der Waals surface area contributed by atoms with Crippen LogP contribution in [0, 0.1) is 0 Å². The number of rotatable bonds is 2. The van der Waals surface area contributed by atoms with E-state index in [2.05, 4.69) is 41.8 Å². The normalized spacial score (nSPS) is 20.5. The van der Waals surface area contributed by atoms with Crippen molar-refractivity contribution in [2.75, 3.05) is 11.4 Å². The molecule has 0 aromatic carbocycles. The van der Waals surface area contributed by atoms with Crippen molar-refractivity contribution < 1.29 is 17.1 Å². The molecule has 10 heteroatoms. The van der Waals surface area contributed by atoms with Gasteiger partial charge in [0.25, 0.3) is 0 Å². The molecule has 1 aliphatic heterocycles. The van der Waals surface area contributed by atoms with Gasteiger partial charge in [-0.25, -0.2) is 9.97 Å². The molecule has 1 amide bonds. The molecule has 0 aliphatic carbocycles. The van der Waals surface area contributed by atoms with Gasteiger partial charge in [0.1, 0.15) is 14.5 Å². The van der Waals surface area contributed by atoms with E-state index in [-0.39, 0.29) is 23.4 Å². The number of halogens is 3. The van der Waals surface area contributed by atoms with Crippen molar-refractivity contribution in [2.24, 2.45) is 0 Å². The fourth-order valence-corrected chi connectivity index (χ4v) is 3.28. The van der Waals surface area contributed by atoms with Crippen LogP contribution in [-0.4, -0.2) is 36.1 Å². The molecule has 1 aromatic heterocycles. The monoisotopic (exact) mass is 401 g/mol. The summed E-state index contributed by atoms with van der Waals surface area (Å²) in [5.74, 6) is -0.326. The first-order chi connectivity index (χ1) is 8.29. The second-order valence-electron chi connectivity index (χ2n) is 3.61. The smallest absolute Gasteiger partial charge is 0.293 e. The third-order valence-corrected chi connectivity index (χ3v) is 4.45. The van der Waals surface area contributed by atoms with Gasteiger partial charge in [0.05, 0.1) is 6.20 Å². The summed E-state index contributed by atoms with van der Waals surface area (Å²) in [5, 5.41) is -1.35. The fourth-order valence-electron chi connectivity index (χ4n) is 1.59. The van der Waals surface area contributed by atoms with Gasteiger partial charge in [0.2, 0.25) is 5.91 Å². The predicted octanol–water partition coefficient (Wildman–Crippen LogP) is 1.41. The Bertz CT molecular complexity index is 610. The van der Waals surface area contributed by atoms with Gasteiger partial charge in [-0.05, 0) is 31.9 Å². The van der Waals surface area contributed by atoms with Crippen LogP contribution in [0.4, 0.5) is 9.70 Å². The average Bonchev–Trinajstić information content (AvgIpc) is 2.60. The Labute approximate surface area is 119 Å². The topological polar surface area (TPSA) is 80.2 Å². The summed E-state index contributed by atoms with van der Waals surface area (Å²) in [6.45, 7) is -0.257. The predicted molar refractivity (Wildman–Crippen MR) is 68.2 cm³/mol. The molecule has 1 saturated heterocycles. The number of amides is 1. The molecule has 1 unspecified atom stereocenters. The second-order valence-corrected chi connectivity index (χ2v) is 6.79. The molecular weight excluding hydrogens is 397 g/mol. The molecule has 0 bridgehead atoms. The van der Waals surface area contributed by atoms with Crippen molar-refractivity contribution in [2.45, 2.75) is 11.7 Å². The number of hydrogen-bond donors (Lipinski definition) is 0. The Morgan fingerprint density at radius 1 is 1.44 bits per heavy atom. The maximum absolute atomic E-state index is 12.9. The van der Waals surface area contributed by atoms with Crippen LogP contribution >= 0.6 is 31.9 Å². The summed E-state index contributed by atoms with van der Waals surface area (Å²) >= 11 is 6.21. The highest BCUT2D eigenvalue weighted by Gasteiger charge is 2.40. The molecule has 2 heterocycles. The minimum Gasteiger partial charge on any atom is -0.293 e. The summed E-state index contributed by atoms with van der Waals surface area (Å²) < 4.78 is 35.2. The number of anilines is 1. The van der Waals surface area contributed by atoms with Gasteiger partial charge in [0.15, 0.2) is 5.82 Å². The lowest BCUT2D eigenvalue weighted by Crippen LogP contribution is -2.28. The van der Waals surface area contributed by atoms with Crippen LogP contribution in [0.1, 0.15) is 6.42 Å². The molecule has 1 atom stereocenters. The van der Waals surface area contributed by atoms with Gasteiger partial charge >= 0.3 is 10.2 Å². The van der Waals surface area contributed by atoms with E-state index in [9.17, 15) is 17.1 Å². The number of carbonyl (C=O) groups is 1. The Kier molecular flexibility index (Phi) is 3.70. The Hall–Kier alpha value is -0.610. The lowest BCUT2D eigenvalue weighted by atomic mass is 10.4. The quantitative estimate of drug-likeness (QED) is 0.698. The first-order valence-electron chi connectivity index (χ1n) is 4.71. The van der Waals surface area contributed by atoms with Gasteiger partial charge in [-0.15, -0.1) is 3.89 Å². The standard InChI is InChI=1S/C8H6Br2FN3O3S/c9-5-2-12-8(7(10)13-5)14-3-4(1-6(14)15)18(11,16)17/h2,4H,1,3H2. The average molecular weight is 403 g/mol. The van der Waals surface area contributed by atoms with Gasteiger partial charge in [-0.1, -0.05) is 0 Å². The van der Waals surface area contributed by atoms with Gasteiger partial charge in [-0.3, -0.25) is 9.69 Å². The molecule has 1 fully saturated rings. The summed E-state index contributed by atoms with van der Waals surface area (Å²) in [5.41, 5.74) is 0. The van der Waals surface area contributed by atoms with Crippen molar-refractivity contribution >= 4 is 53.8 Å². The summed E-state index contributed by atoms with van der Waals surface area (Å²) in [6.07, 6.45) is 0.980. The molecule has 18 heavy (non-hydrogen) atoms. The second kappa shape index (κ2) is 4.82. The number of carbonyl (C=O) groups excluding carboxylic acids is 1. The van der Waals surface area contributed by atoms with Crippen molar-refractivity contribution in [1.29, 1.82) is 0 Å². The zero-order chi connectivity index (χ0) is 13.5. The first kappa shape index (κ1) is 13.8. The lowest BCUT2D eigenvalue weighted by molar-refractivity contribution is -0.117. The number of hydrogen-bond acceptors (Lipinski definition) is 5. The molecule has 0 N–H and O–H groups in total. The van der Waals surface area contributed by atoms with Crippen LogP contribution in [0.15, 0.2) is 15.4 Å². The molecule has 2 rings (SSSR count). The minimum atomic E-state index is -4.73. The minimum absolute atomic E-state index is 0.175. The third kappa shape index (κ3) is 2.69. The highest BCUT2D eigenvalue weighted by Crippen LogP contribution is 2.29. The lowest BCUT2D eigenvalue weighted by Gasteiger charge is -2.15.